The van der Waals surface area contributed by atoms with Gasteiger partial charge in [-0.25, -0.2) is 0 Å². The molecule has 16 heavy (non-hydrogen) atoms. The molecular formula is C11H16BrO3P. The van der Waals surface area contributed by atoms with Crippen LogP contribution in [0.3, 0.4) is 0 Å². The van der Waals surface area contributed by atoms with E-state index in [1.807, 2.05) is 19.1 Å². The predicted octanol–water partition coefficient (Wildman–Crippen LogP) is 3.65. The molecule has 1 aromatic carbocycles. The number of hydrogen-bond donors (Lipinski definition) is 0. The number of rotatable bonds is 5. The van der Waals surface area contributed by atoms with Crippen LogP contribution in [0.15, 0.2) is 22.7 Å². The normalized spacial score (nSPS) is 11.8. The molecule has 0 heterocycles. The second kappa shape index (κ2) is 5.97. The zero-order valence-corrected chi connectivity index (χ0v) is 12.2. The maximum atomic E-state index is 12.5. The van der Waals surface area contributed by atoms with Gasteiger partial charge in [0.1, 0.15) is 0 Å². The summed E-state index contributed by atoms with van der Waals surface area (Å²) in [6.45, 7) is 6.26. The summed E-state index contributed by atoms with van der Waals surface area (Å²) in [5, 5.41) is 0.594. The van der Waals surface area contributed by atoms with Crippen LogP contribution in [-0.4, -0.2) is 13.2 Å². The van der Waals surface area contributed by atoms with E-state index in [-0.39, 0.29) is 0 Å². The van der Waals surface area contributed by atoms with E-state index in [9.17, 15) is 4.57 Å². The van der Waals surface area contributed by atoms with Crippen LogP contribution in [0.25, 0.3) is 0 Å². The quantitative estimate of drug-likeness (QED) is 0.779. The number of benzene rings is 1. The van der Waals surface area contributed by atoms with Crippen molar-refractivity contribution in [1.82, 2.24) is 0 Å². The van der Waals surface area contributed by atoms with Crippen molar-refractivity contribution < 1.29 is 13.6 Å². The van der Waals surface area contributed by atoms with Gasteiger partial charge in [-0.1, -0.05) is 12.1 Å². The van der Waals surface area contributed by atoms with E-state index in [4.69, 9.17) is 9.05 Å². The van der Waals surface area contributed by atoms with E-state index >= 15 is 0 Å². The Balaban J connectivity index is 3.21. The van der Waals surface area contributed by atoms with E-state index < -0.39 is 7.60 Å². The van der Waals surface area contributed by atoms with Gasteiger partial charge >= 0.3 is 7.60 Å². The van der Waals surface area contributed by atoms with Crippen molar-refractivity contribution in [2.75, 3.05) is 13.2 Å². The molecule has 0 spiro atoms. The smallest absolute Gasteiger partial charge is 0.305 e. The lowest BCUT2D eigenvalue weighted by Crippen LogP contribution is -2.12. The van der Waals surface area contributed by atoms with Crippen molar-refractivity contribution >= 4 is 28.8 Å². The highest BCUT2D eigenvalue weighted by Gasteiger charge is 2.29. The highest BCUT2D eigenvalue weighted by Crippen LogP contribution is 2.48. The molecule has 3 nitrogen and oxygen atoms in total. The third-order valence-corrected chi connectivity index (χ3v) is 5.58. The Labute approximate surface area is 105 Å². The second-order valence-electron chi connectivity index (χ2n) is 3.24. The number of aryl methyl sites for hydroxylation is 1. The maximum Gasteiger partial charge on any atom is 0.362 e. The SMILES string of the molecule is CCOP(=O)(OCC)c1cccc(C)c1Br. The molecule has 0 radical (unpaired) electrons. The average Bonchev–Trinajstić information content (AvgIpc) is 2.22. The largest absolute Gasteiger partial charge is 0.362 e. The molecule has 0 aliphatic heterocycles. The van der Waals surface area contributed by atoms with Crippen LogP contribution in [0, 0.1) is 6.92 Å². The fourth-order valence-corrected chi connectivity index (χ4v) is 3.99. The van der Waals surface area contributed by atoms with E-state index in [2.05, 4.69) is 15.9 Å². The molecule has 0 bridgehead atoms. The summed E-state index contributed by atoms with van der Waals surface area (Å²) in [6, 6.07) is 5.55. The first-order valence-corrected chi connectivity index (χ1v) is 7.53. The lowest BCUT2D eigenvalue weighted by atomic mass is 10.2. The zero-order chi connectivity index (χ0) is 12.2. The van der Waals surface area contributed by atoms with Crippen molar-refractivity contribution in [3.63, 3.8) is 0 Å². The molecule has 0 aromatic heterocycles. The van der Waals surface area contributed by atoms with Crippen molar-refractivity contribution in [1.29, 1.82) is 0 Å². The summed E-state index contributed by atoms with van der Waals surface area (Å²) in [4.78, 5) is 0. The highest BCUT2D eigenvalue weighted by molar-refractivity contribution is 9.10. The van der Waals surface area contributed by atoms with Crippen LogP contribution in [0.5, 0.6) is 0 Å². The molecule has 0 saturated heterocycles. The average molecular weight is 307 g/mol. The topological polar surface area (TPSA) is 35.5 Å². The highest BCUT2D eigenvalue weighted by atomic mass is 79.9. The van der Waals surface area contributed by atoms with Gasteiger partial charge in [0, 0.05) is 4.47 Å². The van der Waals surface area contributed by atoms with E-state index in [1.165, 1.54) is 0 Å². The van der Waals surface area contributed by atoms with Crippen molar-refractivity contribution in [3.05, 3.63) is 28.2 Å². The molecule has 0 amide bonds. The Bertz CT molecular complexity index is 396. The minimum atomic E-state index is -3.18. The second-order valence-corrected chi connectivity index (χ2v) is 6.03. The zero-order valence-electron chi connectivity index (χ0n) is 9.70. The van der Waals surface area contributed by atoms with Crippen LogP contribution in [0.4, 0.5) is 0 Å². The van der Waals surface area contributed by atoms with Gasteiger partial charge in [-0.2, -0.15) is 0 Å². The van der Waals surface area contributed by atoms with Gasteiger partial charge in [0.05, 0.1) is 18.5 Å². The maximum absolute atomic E-state index is 12.5. The Morgan fingerprint density at radius 3 is 2.31 bits per heavy atom. The van der Waals surface area contributed by atoms with E-state index in [0.717, 1.165) is 10.0 Å². The lowest BCUT2D eigenvalue weighted by molar-refractivity contribution is 0.230. The Morgan fingerprint density at radius 1 is 1.25 bits per heavy atom. The van der Waals surface area contributed by atoms with Crippen LogP contribution < -0.4 is 5.30 Å². The summed E-state index contributed by atoms with van der Waals surface area (Å²) < 4.78 is 23.9. The minimum Gasteiger partial charge on any atom is -0.305 e. The van der Waals surface area contributed by atoms with Gasteiger partial charge in [0.15, 0.2) is 0 Å². The lowest BCUT2D eigenvalue weighted by Gasteiger charge is -2.19. The van der Waals surface area contributed by atoms with Gasteiger partial charge < -0.3 is 9.05 Å². The molecule has 0 unspecified atom stereocenters. The van der Waals surface area contributed by atoms with Crippen molar-refractivity contribution in [3.8, 4) is 0 Å². The summed E-state index contributed by atoms with van der Waals surface area (Å²) in [5.41, 5.74) is 1.01. The van der Waals surface area contributed by atoms with Gasteiger partial charge in [-0.3, -0.25) is 4.57 Å². The number of hydrogen-bond acceptors (Lipinski definition) is 3. The van der Waals surface area contributed by atoms with E-state index in [0.29, 0.717) is 18.5 Å². The standard InChI is InChI=1S/C11H16BrO3P/c1-4-14-16(13,15-5-2)10-8-6-7-9(3)11(10)12/h6-8H,4-5H2,1-3H3. The summed E-state index contributed by atoms with van der Waals surface area (Å²) >= 11 is 3.42. The molecular weight excluding hydrogens is 291 g/mol. The molecule has 1 aromatic rings. The first kappa shape index (κ1) is 13.9. The molecule has 5 heteroatoms. The van der Waals surface area contributed by atoms with Crippen LogP contribution in [0.2, 0.25) is 0 Å². The molecule has 0 atom stereocenters. The molecule has 0 aliphatic carbocycles. The van der Waals surface area contributed by atoms with Crippen molar-refractivity contribution in [2.24, 2.45) is 0 Å². The fraction of sp³-hybridized carbons (Fsp3) is 0.455. The van der Waals surface area contributed by atoms with Gasteiger partial charge in [0.25, 0.3) is 0 Å². The van der Waals surface area contributed by atoms with Crippen molar-refractivity contribution in [2.45, 2.75) is 20.8 Å². The predicted molar refractivity (Wildman–Crippen MR) is 69.4 cm³/mol. The third kappa shape index (κ3) is 2.95. The van der Waals surface area contributed by atoms with Gasteiger partial charge in [-0.15, -0.1) is 0 Å². The Kier molecular flexibility index (Phi) is 5.19. The molecule has 0 fully saturated rings. The fourth-order valence-electron chi connectivity index (χ4n) is 1.36. The molecule has 0 aliphatic rings. The molecule has 1 rings (SSSR count). The molecule has 0 saturated carbocycles. The number of halogens is 1. The third-order valence-electron chi connectivity index (χ3n) is 2.06. The first-order valence-electron chi connectivity index (χ1n) is 5.20. The monoisotopic (exact) mass is 306 g/mol. The molecule has 90 valence electrons. The Hall–Kier alpha value is -0.150. The first-order chi connectivity index (χ1) is 7.55. The van der Waals surface area contributed by atoms with Crippen LogP contribution in [-0.2, 0) is 13.6 Å². The Morgan fingerprint density at radius 2 is 1.81 bits per heavy atom. The van der Waals surface area contributed by atoms with Gasteiger partial charge in [0.2, 0.25) is 0 Å². The summed E-state index contributed by atoms with van der Waals surface area (Å²) in [6.07, 6.45) is 0. The minimum absolute atomic E-state index is 0.359. The van der Waals surface area contributed by atoms with Gasteiger partial charge in [-0.05, 0) is 48.3 Å². The molecule has 0 N–H and O–H groups in total. The van der Waals surface area contributed by atoms with Crippen LogP contribution >= 0.6 is 23.5 Å². The summed E-state index contributed by atoms with van der Waals surface area (Å²) in [7, 11) is -3.18. The summed E-state index contributed by atoms with van der Waals surface area (Å²) in [5.74, 6) is 0. The van der Waals surface area contributed by atoms with Crippen LogP contribution in [0.1, 0.15) is 19.4 Å². The van der Waals surface area contributed by atoms with E-state index in [1.54, 1.807) is 19.9 Å².